The van der Waals surface area contributed by atoms with Crippen LogP contribution in [-0.2, 0) is 23.1 Å². The summed E-state index contributed by atoms with van der Waals surface area (Å²) in [6.07, 6.45) is 1.58. The highest BCUT2D eigenvalue weighted by Crippen LogP contribution is 2.18. The minimum atomic E-state index is -0.197. The van der Waals surface area contributed by atoms with Crippen molar-refractivity contribution < 1.29 is 14.3 Å². The minimum Gasteiger partial charge on any atom is -0.378 e. The standard InChI is InChI=1S/C23H26N6O3S/c1-28-16-25-27-23(28)33-15-21(30)26-19-4-2-3-18(13-19)22(31)24-14-17-5-7-20(8-6-17)29-9-11-32-12-10-29/h2-8,13,16H,9-12,14-15H2,1H3,(H,24,31)(H,26,30). The van der Waals surface area contributed by atoms with E-state index in [1.54, 1.807) is 35.2 Å². The van der Waals surface area contributed by atoms with Gasteiger partial charge in [0, 0.05) is 43.6 Å². The maximum atomic E-state index is 12.6. The van der Waals surface area contributed by atoms with Gasteiger partial charge in [-0.2, -0.15) is 0 Å². The summed E-state index contributed by atoms with van der Waals surface area (Å²) in [7, 11) is 1.82. The third-order valence-electron chi connectivity index (χ3n) is 5.18. The van der Waals surface area contributed by atoms with E-state index in [-0.39, 0.29) is 17.6 Å². The van der Waals surface area contributed by atoms with Gasteiger partial charge in [0.2, 0.25) is 5.91 Å². The molecule has 2 amide bonds. The molecule has 0 aliphatic carbocycles. The molecule has 172 valence electrons. The van der Waals surface area contributed by atoms with Gasteiger partial charge in [0.05, 0.1) is 19.0 Å². The number of amides is 2. The van der Waals surface area contributed by atoms with E-state index in [1.165, 1.54) is 11.8 Å². The molecule has 1 saturated heterocycles. The minimum absolute atomic E-state index is 0.180. The molecule has 1 aromatic heterocycles. The van der Waals surface area contributed by atoms with Crippen molar-refractivity contribution in [2.75, 3.05) is 42.3 Å². The number of thioether (sulfide) groups is 1. The van der Waals surface area contributed by atoms with Crippen LogP contribution in [0.25, 0.3) is 0 Å². The van der Waals surface area contributed by atoms with Crippen molar-refractivity contribution in [1.29, 1.82) is 0 Å². The Morgan fingerprint density at radius 1 is 1.12 bits per heavy atom. The van der Waals surface area contributed by atoms with Gasteiger partial charge in [0.1, 0.15) is 6.33 Å². The number of ether oxygens (including phenoxy) is 1. The fourth-order valence-corrected chi connectivity index (χ4v) is 4.09. The fraction of sp³-hybridized carbons (Fsp3) is 0.304. The van der Waals surface area contributed by atoms with Crippen LogP contribution >= 0.6 is 11.8 Å². The number of carbonyl (C=O) groups is 2. The molecule has 2 N–H and O–H groups in total. The molecule has 0 unspecified atom stereocenters. The lowest BCUT2D eigenvalue weighted by atomic mass is 10.1. The number of rotatable bonds is 8. The van der Waals surface area contributed by atoms with Crippen molar-refractivity contribution in [2.45, 2.75) is 11.7 Å². The first-order valence-electron chi connectivity index (χ1n) is 10.6. The summed E-state index contributed by atoms with van der Waals surface area (Å²) in [5, 5.41) is 14.2. The molecule has 3 aromatic rings. The molecular formula is C23H26N6O3S. The van der Waals surface area contributed by atoms with Gasteiger partial charge in [-0.15, -0.1) is 10.2 Å². The lowest BCUT2D eigenvalue weighted by molar-refractivity contribution is -0.113. The molecule has 4 rings (SSSR count). The number of aryl methyl sites for hydroxylation is 1. The Bertz CT molecular complexity index is 1100. The summed E-state index contributed by atoms with van der Waals surface area (Å²) < 4.78 is 7.14. The number of nitrogens with one attached hydrogen (secondary N) is 2. The second-order valence-corrected chi connectivity index (χ2v) is 8.53. The van der Waals surface area contributed by atoms with Crippen LogP contribution < -0.4 is 15.5 Å². The Kier molecular flexibility index (Phi) is 7.59. The molecule has 10 heteroatoms. The summed E-state index contributed by atoms with van der Waals surface area (Å²) in [6, 6.07) is 15.1. The number of morpholine rings is 1. The number of hydrogen-bond acceptors (Lipinski definition) is 7. The van der Waals surface area contributed by atoms with Crippen molar-refractivity contribution in [3.05, 3.63) is 66.0 Å². The lowest BCUT2D eigenvalue weighted by Gasteiger charge is -2.28. The third-order valence-corrected chi connectivity index (χ3v) is 6.21. The predicted molar refractivity (Wildman–Crippen MR) is 127 cm³/mol. The summed E-state index contributed by atoms with van der Waals surface area (Å²) in [5.74, 6) is -0.179. The van der Waals surface area contributed by atoms with Gasteiger partial charge < -0.3 is 24.8 Å². The second-order valence-electron chi connectivity index (χ2n) is 7.59. The molecule has 1 aliphatic heterocycles. The van der Waals surface area contributed by atoms with E-state index in [4.69, 9.17) is 4.74 Å². The molecule has 33 heavy (non-hydrogen) atoms. The molecule has 0 atom stereocenters. The number of benzene rings is 2. The zero-order chi connectivity index (χ0) is 23.0. The first-order valence-corrected chi connectivity index (χ1v) is 11.6. The van der Waals surface area contributed by atoms with Crippen molar-refractivity contribution >= 4 is 35.0 Å². The first kappa shape index (κ1) is 22.8. The molecule has 1 aliphatic rings. The Labute approximate surface area is 196 Å². The van der Waals surface area contributed by atoms with Crippen LogP contribution in [0, 0.1) is 0 Å². The highest BCUT2D eigenvalue weighted by Gasteiger charge is 2.12. The van der Waals surface area contributed by atoms with Crippen molar-refractivity contribution in [2.24, 2.45) is 7.05 Å². The van der Waals surface area contributed by atoms with Crippen LogP contribution in [0.2, 0.25) is 0 Å². The van der Waals surface area contributed by atoms with Crippen LogP contribution in [0.3, 0.4) is 0 Å². The summed E-state index contributed by atoms with van der Waals surface area (Å²) >= 11 is 1.30. The number of carbonyl (C=O) groups excluding carboxylic acids is 2. The molecule has 0 bridgehead atoms. The van der Waals surface area contributed by atoms with Gasteiger partial charge in [-0.25, -0.2) is 0 Å². The second kappa shape index (κ2) is 11.0. The van der Waals surface area contributed by atoms with E-state index in [0.29, 0.717) is 23.0 Å². The number of nitrogens with zero attached hydrogens (tertiary/aromatic N) is 4. The zero-order valence-corrected chi connectivity index (χ0v) is 19.2. The van der Waals surface area contributed by atoms with Gasteiger partial charge in [-0.3, -0.25) is 9.59 Å². The number of aromatic nitrogens is 3. The van der Waals surface area contributed by atoms with Gasteiger partial charge in [-0.1, -0.05) is 30.0 Å². The Balaban J connectivity index is 1.27. The van der Waals surface area contributed by atoms with E-state index in [2.05, 4.69) is 37.9 Å². The van der Waals surface area contributed by atoms with Gasteiger partial charge >= 0.3 is 0 Å². The number of anilines is 2. The Hall–Kier alpha value is -3.37. The van der Waals surface area contributed by atoms with E-state index < -0.39 is 0 Å². The van der Waals surface area contributed by atoms with Gasteiger partial charge in [0.15, 0.2) is 5.16 Å². The van der Waals surface area contributed by atoms with Crippen LogP contribution in [-0.4, -0.2) is 58.6 Å². The Morgan fingerprint density at radius 3 is 2.64 bits per heavy atom. The summed E-state index contributed by atoms with van der Waals surface area (Å²) in [5.41, 5.74) is 3.24. The molecule has 0 spiro atoms. The molecule has 1 fully saturated rings. The highest BCUT2D eigenvalue weighted by molar-refractivity contribution is 7.99. The highest BCUT2D eigenvalue weighted by atomic mass is 32.2. The monoisotopic (exact) mass is 466 g/mol. The molecule has 0 saturated carbocycles. The molecule has 2 aromatic carbocycles. The van der Waals surface area contributed by atoms with E-state index >= 15 is 0 Å². The topological polar surface area (TPSA) is 101 Å². The predicted octanol–water partition coefficient (Wildman–Crippen LogP) is 2.31. The smallest absolute Gasteiger partial charge is 0.251 e. The molecular weight excluding hydrogens is 440 g/mol. The lowest BCUT2D eigenvalue weighted by Crippen LogP contribution is -2.36. The van der Waals surface area contributed by atoms with Crippen molar-refractivity contribution in [1.82, 2.24) is 20.1 Å². The maximum absolute atomic E-state index is 12.6. The van der Waals surface area contributed by atoms with Crippen LogP contribution in [0.4, 0.5) is 11.4 Å². The van der Waals surface area contributed by atoms with E-state index in [9.17, 15) is 9.59 Å². The average Bonchev–Trinajstić information content (AvgIpc) is 3.27. The zero-order valence-electron chi connectivity index (χ0n) is 18.4. The van der Waals surface area contributed by atoms with Crippen molar-refractivity contribution in [3.8, 4) is 0 Å². The van der Waals surface area contributed by atoms with E-state index in [1.807, 2.05) is 19.2 Å². The average molecular weight is 467 g/mol. The SMILES string of the molecule is Cn1cnnc1SCC(=O)Nc1cccc(C(=O)NCc2ccc(N3CCOCC3)cc2)c1. The van der Waals surface area contributed by atoms with Gasteiger partial charge in [0.25, 0.3) is 5.91 Å². The number of hydrogen-bond donors (Lipinski definition) is 2. The quantitative estimate of drug-likeness (QED) is 0.491. The largest absolute Gasteiger partial charge is 0.378 e. The van der Waals surface area contributed by atoms with E-state index in [0.717, 1.165) is 37.6 Å². The third kappa shape index (κ3) is 6.33. The maximum Gasteiger partial charge on any atom is 0.251 e. The first-order chi connectivity index (χ1) is 16.1. The van der Waals surface area contributed by atoms with Crippen molar-refractivity contribution in [3.63, 3.8) is 0 Å². The van der Waals surface area contributed by atoms with Crippen LogP contribution in [0.15, 0.2) is 60.0 Å². The van der Waals surface area contributed by atoms with Crippen LogP contribution in [0.5, 0.6) is 0 Å². The molecule has 2 heterocycles. The summed E-state index contributed by atoms with van der Waals surface area (Å²) in [4.78, 5) is 27.2. The molecule has 0 radical (unpaired) electrons. The van der Waals surface area contributed by atoms with Gasteiger partial charge in [-0.05, 0) is 35.9 Å². The normalized spacial score (nSPS) is 13.5. The fourth-order valence-electron chi connectivity index (χ4n) is 3.40. The van der Waals surface area contributed by atoms with Crippen LogP contribution in [0.1, 0.15) is 15.9 Å². The Morgan fingerprint density at radius 2 is 1.91 bits per heavy atom. The molecule has 9 nitrogen and oxygen atoms in total. The summed E-state index contributed by atoms with van der Waals surface area (Å²) in [6.45, 7) is 3.70.